The van der Waals surface area contributed by atoms with E-state index in [9.17, 15) is 0 Å². The Morgan fingerprint density at radius 1 is 0.613 bits per heavy atom. The summed E-state index contributed by atoms with van der Waals surface area (Å²) in [6.07, 6.45) is 0. The smallest absolute Gasteiger partial charge is 0.231 e. The monoisotopic (exact) mass is 430 g/mol. The summed E-state index contributed by atoms with van der Waals surface area (Å²) in [5, 5.41) is 0. The van der Waals surface area contributed by atoms with Crippen LogP contribution in [0, 0.1) is 11.8 Å². The van der Waals surface area contributed by atoms with E-state index >= 15 is 0 Å². The summed E-state index contributed by atoms with van der Waals surface area (Å²) in [4.78, 5) is 0. The zero-order chi connectivity index (χ0) is 22.3. The third kappa shape index (κ3) is 3.18. The van der Waals surface area contributed by atoms with Crippen molar-refractivity contribution < 1.29 is 33.2 Å². The number of fused-ring (bicyclic) bond motifs is 1. The quantitative estimate of drug-likeness (QED) is 0.635. The SMILES string of the molecule is COc1cc(OC)c([C@@H]2[C@H](C)[C@@H](C)[C@@H]2c2cc(OC)c3c(c2OC)OCO3)cc1OC. The Kier molecular flexibility index (Phi) is 5.69. The second-order valence-corrected chi connectivity index (χ2v) is 7.99. The first-order chi connectivity index (χ1) is 15.0. The standard InChI is InChI=1S/C24H30O7/c1-12-13(2)21(15-9-19(28-6)23-24(22(15)29-7)31-11-30-23)20(12)14-8-17(26-4)18(27-5)10-16(14)25-3/h8-10,12-13,20-21H,11H2,1-7H3/t12-,13-,20+,21-/m1/s1. The zero-order valence-electron chi connectivity index (χ0n) is 19.1. The van der Waals surface area contributed by atoms with Gasteiger partial charge in [0.05, 0.1) is 35.5 Å². The first kappa shape index (κ1) is 21.3. The Balaban J connectivity index is 1.86. The fourth-order valence-electron chi connectivity index (χ4n) is 5.07. The maximum atomic E-state index is 5.81. The zero-order valence-corrected chi connectivity index (χ0v) is 19.1. The lowest BCUT2D eigenvalue weighted by molar-refractivity contribution is 0.117. The van der Waals surface area contributed by atoms with Gasteiger partial charge in [-0.05, 0) is 35.8 Å². The average molecular weight is 430 g/mol. The molecule has 0 N–H and O–H groups in total. The lowest BCUT2D eigenvalue weighted by Gasteiger charge is -2.50. The number of hydrogen-bond donors (Lipinski definition) is 0. The molecule has 2 aromatic rings. The van der Waals surface area contributed by atoms with Crippen LogP contribution in [0.5, 0.6) is 40.2 Å². The summed E-state index contributed by atoms with van der Waals surface area (Å²) in [6, 6.07) is 5.92. The van der Waals surface area contributed by atoms with E-state index in [0.717, 1.165) is 16.9 Å². The number of hydrogen-bond acceptors (Lipinski definition) is 7. The van der Waals surface area contributed by atoms with Gasteiger partial charge in [0, 0.05) is 17.2 Å². The van der Waals surface area contributed by atoms with Gasteiger partial charge in [-0.2, -0.15) is 0 Å². The van der Waals surface area contributed by atoms with Crippen LogP contribution in [0.25, 0.3) is 0 Å². The van der Waals surface area contributed by atoms with E-state index in [1.165, 1.54) is 0 Å². The van der Waals surface area contributed by atoms with E-state index < -0.39 is 0 Å². The molecule has 0 spiro atoms. The highest BCUT2D eigenvalue weighted by atomic mass is 16.7. The highest BCUT2D eigenvalue weighted by Gasteiger charge is 2.50. The first-order valence-electron chi connectivity index (χ1n) is 10.3. The fraction of sp³-hybridized carbons (Fsp3) is 0.500. The minimum absolute atomic E-state index is 0.148. The van der Waals surface area contributed by atoms with Crippen LogP contribution in [0.3, 0.4) is 0 Å². The van der Waals surface area contributed by atoms with Gasteiger partial charge in [-0.3, -0.25) is 0 Å². The molecule has 0 amide bonds. The molecule has 7 heteroatoms. The number of ether oxygens (including phenoxy) is 7. The molecule has 168 valence electrons. The van der Waals surface area contributed by atoms with Crippen molar-refractivity contribution in [1.82, 2.24) is 0 Å². The highest BCUT2D eigenvalue weighted by Crippen LogP contribution is 2.63. The van der Waals surface area contributed by atoms with E-state index in [1.807, 2.05) is 18.2 Å². The van der Waals surface area contributed by atoms with Crippen LogP contribution in [0.2, 0.25) is 0 Å². The molecule has 0 radical (unpaired) electrons. The van der Waals surface area contributed by atoms with Gasteiger partial charge in [-0.1, -0.05) is 13.8 Å². The largest absolute Gasteiger partial charge is 0.496 e. The van der Waals surface area contributed by atoms with Gasteiger partial charge in [0.1, 0.15) is 5.75 Å². The topological polar surface area (TPSA) is 64.6 Å². The van der Waals surface area contributed by atoms with Gasteiger partial charge in [0.25, 0.3) is 0 Å². The molecule has 0 unspecified atom stereocenters. The maximum absolute atomic E-state index is 5.81. The molecule has 1 fully saturated rings. The molecule has 1 heterocycles. The summed E-state index contributed by atoms with van der Waals surface area (Å²) in [5.74, 6) is 5.79. The molecule has 4 rings (SSSR count). The maximum Gasteiger partial charge on any atom is 0.231 e. The van der Waals surface area contributed by atoms with Crippen molar-refractivity contribution in [2.24, 2.45) is 11.8 Å². The normalized spacial score (nSPS) is 23.7. The number of rotatable bonds is 7. The van der Waals surface area contributed by atoms with Gasteiger partial charge >= 0.3 is 0 Å². The molecule has 1 aliphatic carbocycles. The Bertz CT molecular complexity index is 971. The average Bonchev–Trinajstić information content (AvgIpc) is 3.29. The minimum Gasteiger partial charge on any atom is -0.496 e. The van der Waals surface area contributed by atoms with Crippen LogP contribution in [-0.4, -0.2) is 42.3 Å². The first-order valence-corrected chi connectivity index (χ1v) is 10.3. The van der Waals surface area contributed by atoms with Crippen LogP contribution in [0.4, 0.5) is 0 Å². The van der Waals surface area contributed by atoms with E-state index in [2.05, 4.69) is 13.8 Å². The number of methoxy groups -OCH3 is 5. The summed E-state index contributed by atoms with van der Waals surface area (Å²) in [7, 11) is 8.24. The minimum atomic E-state index is 0.148. The Labute approximate surface area is 183 Å². The van der Waals surface area contributed by atoms with Crippen LogP contribution in [0.15, 0.2) is 18.2 Å². The van der Waals surface area contributed by atoms with Crippen molar-refractivity contribution in [2.75, 3.05) is 42.3 Å². The second-order valence-electron chi connectivity index (χ2n) is 7.99. The van der Waals surface area contributed by atoms with Gasteiger partial charge in [-0.15, -0.1) is 0 Å². The Morgan fingerprint density at radius 3 is 1.71 bits per heavy atom. The predicted molar refractivity (Wildman–Crippen MR) is 116 cm³/mol. The summed E-state index contributed by atoms with van der Waals surface area (Å²) >= 11 is 0. The molecule has 7 nitrogen and oxygen atoms in total. The van der Waals surface area contributed by atoms with Crippen LogP contribution >= 0.6 is 0 Å². The van der Waals surface area contributed by atoms with Crippen molar-refractivity contribution in [3.63, 3.8) is 0 Å². The van der Waals surface area contributed by atoms with Crippen molar-refractivity contribution in [1.29, 1.82) is 0 Å². The van der Waals surface area contributed by atoms with E-state index in [1.54, 1.807) is 35.5 Å². The third-order valence-electron chi connectivity index (χ3n) is 6.82. The molecular weight excluding hydrogens is 400 g/mol. The highest BCUT2D eigenvalue weighted by molar-refractivity contribution is 5.66. The molecule has 1 saturated carbocycles. The molecule has 31 heavy (non-hydrogen) atoms. The van der Waals surface area contributed by atoms with Gasteiger partial charge in [-0.25, -0.2) is 0 Å². The van der Waals surface area contributed by atoms with E-state index in [4.69, 9.17) is 33.2 Å². The van der Waals surface area contributed by atoms with Crippen LogP contribution < -0.4 is 33.2 Å². The fourth-order valence-corrected chi connectivity index (χ4v) is 5.07. The third-order valence-corrected chi connectivity index (χ3v) is 6.82. The van der Waals surface area contributed by atoms with Gasteiger partial charge in [0.15, 0.2) is 23.0 Å². The lowest BCUT2D eigenvalue weighted by Crippen LogP contribution is -2.40. The molecule has 1 aliphatic heterocycles. The molecule has 2 aliphatic rings. The summed E-state index contributed by atoms with van der Waals surface area (Å²) in [6.45, 7) is 4.67. The molecule has 4 atom stereocenters. The molecule has 0 aromatic heterocycles. The molecule has 2 aromatic carbocycles. The van der Waals surface area contributed by atoms with Crippen LogP contribution in [0.1, 0.15) is 36.8 Å². The second kappa shape index (κ2) is 8.29. The van der Waals surface area contributed by atoms with Gasteiger partial charge in [0.2, 0.25) is 18.3 Å². The lowest BCUT2D eigenvalue weighted by atomic mass is 9.53. The molecular formula is C24H30O7. The Morgan fingerprint density at radius 2 is 1.13 bits per heavy atom. The van der Waals surface area contributed by atoms with E-state index in [0.29, 0.717) is 46.3 Å². The van der Waals surface area contributed by atoms with Gasteiger partial charge < -0.3 is 33.2 Å². The molecule has 0 saturated heterocycles. The molecule has 0 bridgehead atoms. The van der Waals surface area contributed by atoms with Crippen LogP contribution in [-0.2, 0) is 0 Å². The van der Waals surface area contributed by atoms with Crippen molar-refractivity contribution in [3.8, 4) is 40.2 Å². The summed E-state index contributed by atoms with van der Waals surface area (Å²) in [5.41, 5.74) is 2.12. The van der Waals surface area contributed by atoms with Crippen molar-refractivity contribution in [3.05, 3.63) is 29.3 Å². The van der Waals surface area contributed by atoms with Crippen molar-refractivity contribution in [2.45, 2.75) is 25.7 Å². The Hall–Kier alpha value is -2.96. The summed E-state index contributed by atoms with van der Waals surface area (Å²) < 4.78 is 39.6. The predicted octanol–water partition coefficient (Wildman–Crippen LogP) is 4.61. The number of benzene rings is 2. The van der Waals surface area contributed by atoms with Crippen molar-refractivity contribution >= 4 is 0 Å². The van der Waals surface area contributed by atoms with E-state index in [-0.39, 0.29) is 18.6 Å².